The highest BCUT2D eigenvalue weighted by atomic mass is 35.5. The van der Waals surface area contributed by atoms with Gasteiger partial charge in [0.2, 0.25) is 0 Å². The Balaban J connectivity index is 1.78. The second kappa shape index (κ2) is 8.08. The molecule has 2 aromatic carbocycles. The van der Waals surface area contributed by atoms with E-state index in [0.717, 1.165) is 4.52 Å². The van der Waals surface area contributed by atoms with Gasteiger partial charge in [-0.25, -0.2) is 18.3 Å². The van der Waals surface area contributed by atoms with Gasteiger partial charge in [0, 0.05) is 16.3 Å². The second-order valence-electron chi connectivity index (χ2n) is 6.35. The van der Waals surface area contributed by atoms with Crippen LogP contribution in [0.4, 0.5) is 14.5 Å². The van der Waals surface area contributed by atoms with Crippen LogP contribution in [-0.2, 0) is 0 Å². The number of halogens is 3. The molecule has 30 heavy (non-hydrogen) atoms. The number of ether oxygens (including phenoxy) is 1. The van der Waals surface area contributed by atoms with Crippen molar-refractivity contribution in [2.75, 3.05) is 12.4 Å². The van der Waals surface area contributed by atoms with Crippen molar-refractivity contribution in [2.24, 2.45) is 0 Å². The summed E-state index contributed by atoms with van der Waals surface area (Å²) >= 11 is 5.85. The number of aromatic nitrogens is 3. The first-order chi connectivity index (χ1) is 14.5. The fourth-order valence-electron chi connectivity index (χ4n) is 2.94. The van der Waals surface area contributed by atoms with Gasteiger partial charge in [0.15, 0.2) is 5.65 Å². The monoisotopic (exact) mass is 428 g/mol. The summed E-state index contributed by atoms with van der Waals surface area (Å²) in [4.78, 5) is 17.2. The number of amides is 1. The molecule has 0 atom stereocenters. The first kappa shape index (κ1) is 19.8. The van der Waals surface area contributed by atoms with Crippen LogP contribution in [0.15, 0.2) is 60.8 Å². The molecule has 4 aromatic rings. The van der Waals surface area contributed by atoms with Crippen molar-refractivity contribution < 1.29 is 18.3 Å². The van der Waals surface area contributed by atoms with Gasteiger partial charge in [-0.05, 0) is 54.6 Å². The number of hydrogen-bond acceptors (Lipinski definition) is 4. The SMILES string of the molecule is COc1ccc(-c2cc(C(F)F)n3ncc(C(=O)Nc4ccc(Cl)cc4)c3n2)cc1. The van der Waals surface area contributed by atoms with Crippen LogP contribution in [0.2, 0.25) is 5.02 Å². The van der Waals surface area contributed by atoms with Gasteiger partial charge in [-0.2, -0.15) is 5.10 Å². The molecule has 6 nitrogen and oxygen atoms in total. The zero-order valence-electron chi connectivity index (χ0n) is 15.6. The van der Waals surface area contributed by atoms with E-state index in [1.54, 1.807) is 48.5 Å². The Morgan fingerprint density at radius 3 is 2.47 bits per heavy atom. The van der Waals surface area contributed by atoms with E-state index >= 15 is 0 Å². The summed E-state index contributed by atoms with van der Waals surface area (Å²) in [6, 6.07) is 14.6. The van der Waals surface area contributed by atoms with Crippen LogP contribution in [0.5, 0.6) is 5.75 Å². The van der Waals surface area contributed by atoms with E-state index in [9.17, 15) is 13.6 Å². The summed E-state index contributed by atoms with van der Waals surface area (Å²) in [5.74, 6) is 0.105. The Hall–Kier alpha value is -3.52. The average molecular weight is 429 g/mol. The minimum absolute atomic E-state index is 0.0325. The molecule has 2 heterocycles. The van der Waals surface area contributed by atoms with Crippen LogP contribution < -0.4 is 10.1 Å². The number of hydrogen-bond donors (Lipinski definition) is 1. The summed E-state index contributed by atoms with van der Waals surface area (Å²) < 4.78 is 33.5. The molecule has 2 aromatic heterocycles. The standard InChI is InChI=1S/C21H15ClF2N4O2/c1-30-15-8-2-12(3-9-15)17-10-18(19(23)24)28-20(27-17)16(11-25-28)21(29)26-14-6-4-13(22)5-7-14/h2-11,19H,1H3,(H,26,29). The molecule has 0 saturated carbocycles. The quantitative estimate of drug-likeness (QED) is 0.471. The molecule has 0 saturated heterocycles. The van der Waals surface area contributed by atoms with Crippen LogP contribution in [0, 0.1) is 0 Å². The van der Waals surface area contributed by atoms with E-state index in [4.69, 9.17) is 16.3 Å². The lowest BCUT2D eigenvalue weighted by Gasteiger charge is -2.09. The van der Waals surface area contributed by atoms with E-state index in [1.807, 2.05) is 0 Å². The zero-order valence-corrected chi connectivity index (χ0v) is 16.4. The third-order valence-corrected chi connectivity index (χ3v) is 4.71. The van der Waals surface area contributed by atoms with E-state index in [2.05, 4.69) is 15.4 Å². The maximum Gasteiger partial charge on any atom is 0.280 e. The summed E-state index contributed by atoms with van der Waals surface area (Å²) in [7, 11) is 1.53. The van der Waals surface area contributed by atoms with E-state index in [0.29, 0.717) is 27.7 Å². The fourth-order valence-corrected chi connectivity index (χ4v) is 3.07. The highest BCUT2D eigenvalue weighted by Gasteiger charge is 2.21. The molecule has 0 spiro atoms. The van der Waals surface area contributed by atoms with Crippen LogP contribution in [0.3, 0.4) is 0 Å². The highest BCUT2D eigenvalue weighted by Crippen LogP contribution is 2.28. The van der Waals surface area contributed by atoms with Gasteiger partial charge < -0.3 is 10.1 Å². The van der Waals surface area contributed by atoms with Gasteiger partial charge in [0.25, 0.3) is 12.3 Å². The fraction of sp³-hybridized carbons (Fsp3) is 0.0952. The molecular weight excluding hydrogens is 414 g/mol. The third kappa shape index (κ3) is 3.81. The van der Waals surface area contributed by atoms with Gasteiger partial charge in [-0.15, -0.1) is 0 Å². The minimum Gasteiger partial charge on any atom is -0.497 e. The predicted molar refractivity (Wildman–Crippen MR) is 109 cm³/mol. The topological polar surface area (TPSA) is 68.5 Å². The largest absolute Gasteiger partial charge is 0.497 e. The first-order valence-electron chi connectivity index (χ1n) is 8.84. The maximum atomic E-state index is 13.7. The number of alkyl halides is 2. The predicted octanol–water partition coefficient (Wildman–Crippen LogP) is 5.25. The van der Waals surface area contributed by atoms with Crippen LogP contribution >= 0.6 is 11.6 Å². The maximum absolute atomic E-state index is 13.7. The Morgan fingerprint density at radius 2 is 1.83 bits per heavy atom. The number of carbonyl (C=O) groups excluding carboxylic acids is 1. The minimum atomic E-state index is -2.81. The van der Waals surface area contributed by atoms with Crippen LogP contribution in [-0.4, -0.2) is 27.6 Å². The molecule has 0 fully saturated rings. The molecule has 4 rings (SSSR count). The van der Waals surface area contributed by atoms with E-state index < -0.39 is 12.3 Å². The third-order valence-electron chi connectivity index (χ3n) is 4.46. The Morgan fingerprint density at radius 1 is 1.13 bits per heavy atom. The Labute approximate surface area is 175 Å². The van der Waals surface area contributed by atoms with Gasteiger partial charge in [-0.3, -0.25) is 4.79 Å². The first-order valence-corrected chi connectivity index (χ1v) is 9.22. The highest BCUT2D eigenvalue weighted by molar-refractivity contribution is 6.30. The molecule has 1 amide bonds. The number of nitrogens with zero attached hydrogens (tertiary/aromatic N) is 3. The molecule has 0 aliphatic carbocycles. The zero-order chi connectivity index (χ0) is 21.3. The molecule has 152 valence electrons. The Kier molecular flexibility index (Phi) is 5.33. The van der Waals surface area contributed by atoms with Crippen molar-refractivity contribution in [2.45, 2.75) is 6.43 Å². The van der Waals surface area contributed by atoms with Gasteiger partial charge in [0.1, 0.15) is 17.0 Å². The summed E-state index contributed by atoms with van der Waals surface area (Å²) in [6.45, 7) is 0. The van der Waals surface area contributed by atoms with Gasteiger partial charge >= 0.3 is 0 Å². The number of fused-ring (bicyclic) bond motifs is 1. The van der Waals surface area contributed by atoms with Crippen LogP contribution in [0.25, 0.3) is 16.9 Å². The number of nitrogens with one attached hydrogen (secondary N) is 1. The number of anilines is 1. The van der Waals surface area contributed by atoms with Crippen molar-refractivity contribution in [3.63, 3.8) is 0 Å². The molecular formula is C21H15ClF2N4O2. The second-order valence-corrected chi connectivity index (χ2v) is 6.79. The summed E-state index contributed by atoms with van der Waals surface area (Å²) in [5, 5.41) is 7.17. The summed E-state index contributed by atoms with van der Waals surface area (Å²) in [6.07, 6.45) is -1.59. The van der Waals surface area contributed by atoms with Crippen LogP contribution in [0.1, 0.15) is 22.5 Å². The van der Waals surface area contributed by atoms with Crippen molar-refractivity contribution in [1.29, 1.82) is 0 Å². The molecule has 1 N–H and O–H groups in total. The van der Waals surface area contributed by atoms with Crippen molar-refractivity contribution in [3.8, 4) is 17.0 Å². The molecule has 9 heteroatoms. The summed E-state index contributed by atoms with van der Waals surface area (Å²) in [5.41, 5.74) is 1.14. The molecule has 0 unspecified atom stereocenters. The average Bonchev–Trinajstić information content (AvgIpc) is 3.18. The number of carbonyl (C=O) groups is 1. The van der Waals surface area contributed by atoms with Gasteiger partial charge in [0.05, 0.1) is 19.0 Å². The molecule has 0 aliphatic rings. The van der Waals surface area contributed by atoms with Crippen molar-refractivity contribution in [1.82, 2.24) is 14.6 Å². The van der Waals surface area contributed by atoms with Gasteiger partial charge in [-0.1, -0.05) is 11.6 Å². The molecule has 0 aliphatic heterocycles. The lowest BCUT2D eigenvalue weighted by Crippen LogP contribution is -2.12. The number of benzene rings is 2. The number of methoxy groups -OCH3 is 1. The van der Waals surface area contributed by atoms with Crippen molar-refractivity contribution >= 4 is 28.8 Å². The molecule has 0 radical (unpaired) electrons. The van der Waals surface area contributed by atoms with Crippen molar-refractivity contribution in [3.05, 3.63) is 77.1 Å². The lowest BCUT2D eigenvalue weighted by molar-refractivity contribution is 0.102. The lowest BCUT2D eigenvalue weighted by atomic mass is 10.1. The van der Waals surface area contributed by atoms with E-state index in [-0.39, 0.29) is 16.9 Å². The Bertz CT molecular complexity index is 1210. The number of rotatable bonds is 5. The smallest absolute Gasteiger partial charge is 0.280 e. The van der Waals surface area contributed by atoms with E-state index in [1.165, 1.54) is 19.4 Å². The normalized spacial score (nSPS) is 11.1. The molecule has 0 bridgehead atoms.